The maximum atomic E-state index is 6.24. The van der Waals surface area contributed by atoms with Gasteiger partial charge in [0.05, 0.1) is 6.04 Å². The number of benzene rings is 1. The number of nitrogens with zero attached hydrogens (tertiary/aromatic N) is 2. The van der Waals surface area contributed by atoms with Crippen molar-refractivity contribution < 1.29 is 4.52 Å². The molecule has 4 heteroatoms. The Hall–Kier alpha value is -1.68. The number of hydrogen-bond acceptors (Lipinski definition) is 4. The second-order valence-electron chi connectivity index (χ2n) is 7.02. The van der Waals surface area contributed by atoms with E-state index < -0.39 is 0 Å². The molecule has 2 rings (SSSR count). The van der Waals surface area contributed by atoms with Crippen LogP contribution >= 0.6 is 0 Å². The summed E-state index contributed by atoms with van der Waals surface area (Å²) >= 11 is 0. The van der Waals surface area contributed by atoms with Gasteiger partial charge in [-0.05, 0) is 23.5 Å². The summed E-state index contributed by atoms with van der Waals surface area (Å²) in [4.78, 5) is 4.43. The quantitative estimate of drug-likeness (QED) is 0.933. The van der Waals surface area contributed by atoms with Crippen LogP contribution in [0.4, 0.5) is 0 Å². The summed E-state index contributed by atoms with van der Waals surface area (Å²) in [5.41, 5.74) is 8.41. The molecule has 4 nitrogen and oxygen atoms in total. The Morgan fingerprint density at radius 1 is 1.14 bits per heavy atom. The number of hydrogen-bond donors (Lipinski definition) is 1. The molecule has 1 atom stereocenters. The fourth-order valence-corrected chi connectivity index (χ4v) is 2.15. The van der Waals surface area contributed by atoms with E-state index in [1.807, 2.05) is 20.8 Å². The van der Waals surface area contributed by atoms with Gasteiger partial charge in [-0.15, -0.1) is 0 Å². The summed E-state index contributed by atoms with van der Waals surface area (Å²) < 4.78 is 5.31. The largest absolute Gasteiger partial charge is 0.339 e. The van der Waals surface area contributed by atoms with Gasteiger partial charge in [-0.25, -0.2) is 0 Å². The van der Waals surface area contributed by atoms with E-state index in [1.165, 1.54) is 5.56 Å². The lowest BCUT2D eigenvalue weighted by Crippen LogP contribution is -2.15. The first-order valence-electron chi connectivity index (χ1n) is 7.46. The molecule has 0 amide bonds. The Kier molecular flexibility index (Phi) is 4.47. The van der Waals surface area contributed by atoms with Gasteiger partial charge in [-0.2, -0.15) is 4.98 Å². The van der Waals surface area contributed by atoms with Crippen LogP contribution in [0.5, 0.6) is 0 Å². The molecule has 2 N–H and O–H groups in total. The van der Waals surface area contributed by atoms with Crippen LogP contribution in [0.15, 0.2) is 28.8 Å². The van der Waals surface area contributed by atoms with Crippen molar-refractivity contribution in [1.82, 2.24) is 10.1 Å². The maximum Gasteiger partial charge on any atom is 0.232 e. The normalized spacial score (nSPS) is 13.7. The van der Waals surface area contributed by atoms with Crippen LogP contribution in [0.25, 0.3) is 0 Å². The lowest BCUT2D eigenvalue weighted by atomic mass is 9.97. The van der Waals surface area contributed by atoms with Crippen LogP contribution < -0.4 is 5.73 Å². The third-order valence-electron chi connectivity index (χ3n) is 3.34. The first-order valence-corrected chi connectivity index (χ1v) is 7.46. The van der Waals surface area contributed by atoms with E-state index in [0.29, 0.717) is 17.6 Å². The van der Waals surface area contributed by atoms with E-state index >= 15 is 0 Å². The molecule has 0 fully saturated rings. The molecule has 2 aromatic rings. The van der Waals surface area contributed by atoms with E-state index in [1.54, 1.807) is 0 Å². The van der Waals surface area contributed by atoms with Gasteiger partial charge in [0.1, 0.15) is 0 Å². The first-order chi connectivity index (χ1) is 9.77. The average Bonchev–Trinajstić information content (AvgIpc) is 2.87. The summed E-state index contributed by atoms with van der Waals surface area (Å²) in [6, 6.07) is 8.00. The van der Waals surface area contributed by atoms with Gasteiger partial charge in [0.2, 0.25) is 5.89 Å². The fourth-order valence-electron chi connectivity index (χ4n) is 2.15. The zero-order valence-electron chi connectivity index (χ0n) is 13.6. The van der Waals surface area contributed by atoms with E-state index in [2.05, 4.69) is 48.3 Å². The molecule has 1 aromatic heterocycles. The predicted octanol–water partition coefficient (Wildman–Crippen LogP) is 3.61. The highest BCUT2D eigenvalue weighted by Gasteiger charge is 2.24. The van der Waals surface area contributed by atoms with Crippen LogP contribution in [0.3, 0.4) is 0 Å². The van der Waals surface area contributed by atoms with Crippen molar-refractivity contribution in [3.05, 3.63) is 47.1 Å². The van der Waals surface area contributed by atoms with Gasteiger partial charge in [0, 0.05) is 5.41 Å². The van der Waals surface area contributed by atoms with Gasteiger partial charge in [-0.1, -0.05) is 64.0 Å². The highest BCUT2D eigenvalue weighted by molar-refractivity contribution is 5.28. The summed E-state index contributed by atoms with van der Waals surface area (Å²) in [5.74, 6) is 1.80. The highest BCUT2D eigenvalue weighted by atomic mass is 16.5. The zero-order valence-corrected chi connectivity index (χ0v) is 13.6. The second kappa shape index (κ2) is 5.98. The Balaban J connectivity index is 2.16. The molecule has 0 saturated carbocycles. The minimum absolute atomic E-state index is 0.161. The number of rotatable bonds is 4. The van der Waals surface area contributed by atoms with Crippen molar-refractivity contribution in [3.63, 3.8) is 0 Å². The third-order valence-corrected chi connectivity index (χ3v) is 3.34. The third kappa shape index (κ3) is 3.91. The van der Waals surface area contributed by atoms with E-state index in [-0.39, 0.29) is 11.5 Å². The SMILES string of the molecule is CC(C)Cc1ccc(C(N)c2noc(C(C)(C)C)n2)cc1. The van der Waals surface area contributed by atoms with Crippen molar-refractivity contribution in [2.45, 2.75) is 52.5 Å². The van der Waals surface area contributed by atoms with E-state index in [9.17, 15) is 0 Å². The van der Waals surface area contributed by atoms with Crippen LogP contribution in [-0.4, -0.2) is 10.1 Å². The summed E-state index contributed by atoms with van der Waals surface area (Å²) in [5, 5.41) is 4.02. The maximum absolute atomic E-state index is 6.24. The summed E-state index contributed by atoms with van der Waals surface area (Å²) in [6.07, 6.45) is 1.08. The van der Waals surface area contributed by atoms with Crippen molar-refractivity contribution in [3.8, 4) is 0 Å². The molecule has 1 aromatic carbocycles. The minimum atomic E-state index is -0.349. The Bertz CT molecular complexity index is 579. The van der Waals surface area contributed by atoms with Crippen LogP contribution in [-0.2, 0) is 11.8 Å². The molecule has 0 aliphatic rings. The van der Waals surface area contributed by atoms with Crippen LogP contribution in [0.2, 0.25) is 0 Å². The molecule has 0 aliphatic carbocycles. The van der Waals surface area contributed by atoms with E-state index in [4.69, 9.17) is 10.3 Å². The van der Waals surface area contributed by atoms with Crippen molar-refractivity contribution in [2.24, 2.45) is 11.7 Å². The molecular weight excluding hydrogens is 262 g/mol. The van der Waals surface area contributed by atoms with Gasteiger partial charge >= 0.3 is 0 Å². The number of aromatic nitrogens is 2. The average molecular weight is 287 g/mol. The van der Waals surface area contributed by atoms with Gasteiger partial charge < -0.3 is 10.3 Å². The Morgan fingerprint density at radius 2 is 1.76 bits per heavy atom. The second-order valence-corrected chi connectivity index (χ2v) is 7.02. The molecule has 0 aliphatic heterocycles. The summed E-state index contributed by atoms with van der Waals surface area (Å²) in [6.45, 7) is 10.5. The molecule has 21 heavy (non-hydrogen) atoms. The molecule has 114 valence electrons. The Labute approximate surface area is 126 Å². The molecule has 0 saturated heterocycles. The molecule has 1 heterocycles. The zero-order chi connectivity index (χ0) is 15.6. The van der Waals surface area contributed by atoms with Gasteiger partial charge in [0.15, 0.2) is 5.82 Å². The van der Waals surface area contributed by atoms with Crippen molar-refractivity contribution >= 4 is 0 Å². The van der Waals surface area contributed by atoms with Crippen molar-refractivity contribution in [1.29, 1.82) is 0 Å². The van der Waals surface area contributed by atoms with E-state index in [0.717, 1.165) is 12.0 Å². The molecule has 0 bridgehead atoms. The highest BCUT2D eigenvalue weighted by Crippen LogP contribution is 2.23. The minimum Gasteiger partial charge on any atom is -0.339 e. The predicted molar refractivity (Wildman–Crippen MR) is 84.0 cm³/mol. The Morgan fingerprint density at radius 3 is 2.24 bits per heavy atom. The van der Waals surface area contributed by atoms with Crippen LogP contribution in [0.1, 0.15) is 63.5 Å². The number of nitrogens with two attached hydrogens (primary N) is 1. The topological polar surface area (TPSA) is 64.9 Å². The monoisotopic (exact) mass is 287 g/mol. The van der Waals surface area contributed by atoms with Crippen LogP contribution in [0, 0.1) is 5.92 Å². The molecule has 0 spiro atoms. The first kappa shape index (κ1) is 15.7. The molecular formula is C17H25N3O. The lowest BCUT2D eigenvalue weighted by Gasteiger charge is -2.11. The molecule has 1 unspecified atom stereocenters. The van der Waals surface area contributed by atoms with Gasteiger partial charge in [0.25, 0.3) is 0 Å². The lowest BCUT2D eigenvalue weighted by molar-refractivity contribution is 0.317. The molecule has 0 radical (unpaired) electrons. The van der Waals surface area contributed by atoms with Crippen molar-refractivity contribution in [2.75, 3.05) is 0 Å². The smallest absolute Gasteiger partial charge is 0.232 e. The standard InChI is InChI=1S/C17H25N3O/c1-11(2)10-12-6-8-13(9-7-12)14(18)15-19-16(21-20-15)17(3,4)5/h6-9,11,14H,10,18H2,1-5H3. The fraction of sp³-hybridized carbons (Fsp3) is 0.529. The van der Waals surface area contributed by atoms with Gasteiger partial charge in [-0.3, -0.25) is 0 Å². The summed E-state index contributed by atoms with van der Waals surface area (Å²) in [7, 11) is 0.